The maximum Gasteiger partial charge on any atom is 0.328 e. The fraction of sp³-hybridized carbons (Fsp3) is 0.550. The molecule has 0 spiro atoms. The van der Waals surface area contributed by atoms with Gasteiger partial charge in [-0.2, -0.15) is 0 Å². The molecule has 0 aromatic heterocycles. The number of nitrogens with zero attached hydrogens (tertiary/aromatic N) is 5. The van der Waals surface area contributed by atoms with Gasteiger partial charge in [0.2, 0.25) is 0 Å². The van der Waals surface area contributed by atoms with E-state index in [0.29, 0.717) is 6.54 Å². The minimum Gasteiger partial charge on any atom is -0.343 e. The van der Waals surface area contributed by atoms with E-state index in [1.165, 1.54) is 17.7 Å². The van der Waals surface area contributed by atoms with Crippen molar-refractivity contribution in [3.05, 3.63) is 35.9 Å². The number of likely N-dealkylation sites (N-methyl/N-ethyl adjacent to an activating group) is 2. The number of carbonyl (C=O) groups excluding carboxylic acids is 2. The molecule has 3 aliphatic rings. The predicted octanol–water partition coefficient (Wildman–Crippen LogP) is 1.95. The van der Waals surface area contributed by atoms with E-state index in [4.69, 9.17) is 4.99 Å². The number of imide groups is 1. The lowest BCUT2D eigenvalue weighted by atomic mass is 10.1. The Morgan fingerprint density at radius 1 is 1.00 bits per heavy atom. The van der Waals surface area contributed by atoms with Crippen molar-refractivity contribution in [1.82, 2.24) is 19.6 Å². The molecular formula is C20H27N5O2. The number of hydrogen-bond acceptors (Lipinski definition) is 5. The summed E-state index contributed by atoms with van der Waals surface area (Å²) in [6.45, 7) is 2.51. The average Bonchev–Trinajstić information content (AvgIpc) is 2.86. The molecule has 2 fully saturated rings. The summed E-state index contributed by atoms with van der Waals surface area (Å²) in [5.41, 5.74) is 1.13. The number of aliphatic imine (C=N–C) groups is 1. The second-order valence-corrected chi connectivity index (χ2v) is 7.59. The van der Waals surface area contributed by atoms with Crippen molar-refractivity contribution in [1.29, 1.82) is 0 Å². The van der Waals surface area contributed by atoms with Crippen molar-refractivity contribution < 1.29 is 9.59 Å². The molecular weight excluding hydrogens is 342 g/mol. The third-order valence-corrected chi connectivity index (χ3v) is 5.78. The van der Waals surface area contributed by atoms with Crippen LogP contribution in [-0.4, -0.2) is 76.9 Å². The maximum absolute atomic E-state index is 13.0. The van der Waals surface area contributed by atoms with Crippen LogP contribution in [0.3, 0.4) is 0 Å². The van der Waals surface area contributed by atoms with E-state index >= 15 is 0 Å². The highest BCUT2D eigenvalue weighted by Crippen LogP contribution is 2.30. The molecule has 3 heterocycles. The number of likely N-dealkylation sites (tertiary alicyclic amines) is 1. The number of hydrogen-bond donors (Lipinski definition) is 0. The monoisotopic (exact) mass is 369 g/mol. The molecule has 144 valence electrons. The van der Waals surface area contributed by atoms with Crippen molar-refractivity contribution in [2.75, 3.05) is 27.2 Å². The Kier molecular flexibility index (Phi) is 4.76. The van der Waals surface area contributed by atoms with E-state index in [0.717, 1.165) is 37.5 Å². The van der Waals surface area contributed by atoms with Crippen molar-refractivity contribution in [3.63, 3.8) is 0 Å². The highest BCUT2D eigenvalue weighted by molar-refractivity contribution is 6.03. The normalized spacial score (nSPS) is 26.2. The van der Waals surface area contributed by atoms with Crippen LogP contribution in [0.15, 0.2) is 35.3 Å². The highest BCUT2D eigenvalue weighted by atomic mass is 16.2. The van der Waals surface area contributed by atoms with E-state index in [-0.39, 0.29) is 11.9 Å². The van der Waals surface area contributed by atoms with Gasteiger partial charge in [0.05, 0.1) is 0 Å². The van der Waals surface area contributed by atoms with Gasteiger partial charge in [-0.05, 0) is 18.4 Å². The van der Waals surface area contributed by atoms with Crippen LogP contribution < -0.4 is 0 Å². The molecule has 1 aromatic carbocycles. The predicted molar refractivity (Wildman–Crippen MR) is 103 cm³/mol. The number of amides is 3. The SMILES string of the molecule is CN1C(=O)C2C(N=C(N3CCCCCC3)N2Cc2ccccc2)N(C)C1=O. The molecule has 2 unspecified atom stereocenters. The van der Waals surface area contributed by atoms with Crippen LogP contribution >= 0.6 is 0 Å². The van der Waals surface area contributed by atoms with Gasteiger partial charge in [0.1, 0.15) is 0 Å². The Morgan fingerprint density at radius 3 is 2.33 bits per heavy atom. The first kappa shape index (κ1) is 17.8. The summed E-state index contributed by atoms with van der Waals surface area (Å²) in [5.74, 6) is 0.687. The summed E-state index contributed by atoms with van der Waals surface area (Å²) in [7, 11) is 3.29. The van der Waals surface area contributed by atoms with Crippen molar-refractivity contribution in [3.8, 4) is 0 Å². The Morgan fingerprint density at radius 2 is 1.67 bits per heavy atom. The molecule has 7 heteroatoms. The van der Waals surface area contributed by atoms with Crippen LogP contribution in [0, 0.1) is 0 Å². The zero-order valence-electron chi connectivity index (χ0n) is 16.0. The molecule has 7 nitrogen and oxygen atoms in total. The van der Waals surface area contributed by atoms with Crippen LogP contribution in [0.5, 0.6) is 0 Å². The van der Waals surface area contributed by atoms with Gasteiger partial charge in [-0.3, -0.25) is 9.69 Å². The molecule has 0 radical (unpaired) electrons. The number of carbonyl (C=O) groups is 2. The Hall–Kier alpha value is -2.57. The lowest BCUT2D eigenvalue weighted by Gasteiger charge is -2.40. The fourth-order valence-corrected chi connectivity index (χ4v) is 4.23. The van der Waals surface area contributed by atoms with Gasteiger partial charge in [0, 0.05) is 33.7 Å². The molecule has 2 atom stereocenters. The molecule has 2 saturated heterocycles. The zero-order chi connectivity index (χ0) is 19.0. The smallest absolute Gasteiger partial charge is 0.328 e. The maximum atomic E-state index is 13.0. The third kappa shape index (κ3) is 3.15. The minimum absolute atomic E-state index is 0.174. The van der Waals surface area contributed by atoms with E-state index in [9.17, 15) is 9.59 Å². The van der Waals surface area contributed by atoms with E-state index < -0.39 is 12.2 Å². The molecule has 0 bridgehead atoms. The number of rotatable bonds is 2. The average molecular weight is 369 g/mol. The standard InChI is InChI=1S/C20H27N5O2/c1-22-17-16(18(26)23(2)20(22)27)25(14-15-10-6-5-7-11-15)19(21-17)24-12-8-3-4-9-13-24/h5-7,10-11,16-17H,3-4,8-9,12-14H2,1-2H3. The molecule has 0 N–H and O–H groups in total. The van der Waals surface area contributed by atoms with Gasteiger partial charge in [-0.1, -0.05) is 43.2 Å². The van der Waals surface area contributed by atoms with Crippen molar-refractivity contribution in [2.24, 2.45) is 4.99 Å². The highest BCUT2D eigenvalue weighted by Gasteiger charge is 2.51. The summed E-state index contributed by atoms with van der Waals surface area (Å²) in [5, 5.41) is 0. The first-order chi connectivity index (χ1) is 13.1. The molecule has 0 saturated carbocycles. The molecule has 3 amide bonds. The lowest BCUT2D eigenvalue weighted by molar-refractivity contribution is -0.136. The Balaban J connectivity index is 1.70. The van der Waals surface area contributed by atoms with Crippen LogP contribution in [0.4, 0.5) is 4.79 Å². The summed E-state index contributed by atoms with van der Waals surface area (Å²) >= 11 is 0. The molecule has 3 aliphatic heterocycles. The fourth-order valence-electron chi connectivity index (χ4n) is 4.23. The van der Waals surface area contributed by atoms with Crippen LogP contribution in [0.2, 0.25) is 0 Å². The lowest BCUT2D eigenvalue weighted by Crippen LogP contribution is -2.64. The number of fused-ring (bicyclic) bond motifs is 1. The zero-order valence-corrected chi connectivity index (χ0v) is 16.0. The van der Waals surface area contributed by atoms with E-state index in [2.05, 4.69) is 21.9 Å². The van der Waals surface area contributed by atoms with Gasteiger partial charge in [0.15, 0.2) is 18.2 Å². The first-order valence-corrected chi connectivity index (χ1v) is 9.75. The Bertz CT molecular complexity index is 742. The number of urea groups is 1. The Labute approximate surface area is 160 Å². The van der Waals surface area contributed by atoms with Crippen LogP contribution in [-0.2, 0) is 11.3 Å². The second kappa shape index (κ2) is 7.21. The molecule has 4 rings (SSSR count). The first-order valence-electron chi connectivity index (χ1n) is 9.75. The third-order valence-electron chi connectivity index (χ3n) is 5.78. The molecule has 0 aliphatic carbocycles. The van der Waals surface area contributed by atoms with Crippen molar-refractivity contribution in [2.45, 2.75) is 44.4 Å². The van der Waals surface area contributed by atoms with Gasteiger partial charge in [-0.15, -0.1) is 0 Å². The van der Waals surface area contributed by atoms with E-state index in [1.807, 2.05) is 18.2 Å². The van der Waals surface area contributed by atoms with Gasteiger partial charge < -0.3 is 14.7 Å². The van der Waals surface area contributed by atoms with Crippen LogP contribution in [0.25, 0.3) is 0 Å². The number of benzene rings is 1. The van der Waals surface area contributed by atoms with Gasteiger partial charge in [-0.25, -0.2) is 9.79 Å². The second-order valence-electron chi connectivity index (χ2n) is 7.59. The summed E-state index contributed by atoms with van der Waals surface area (Å²) < 4.78 is 0. The summed E-state index contributed by atoms with van der Waals surface area (Å²) in [6, 6.07) is 9.40. The summed E-state index contributed by atoms with van der Waals surface area (Å²) in [6.07, 6.45) is 4.28. The van der Waals surface area contributed by atoms with Gasteiger partial charge in [0.25, 0.3) is 5.91 Å². The summed E-state index contributed by atoms with van der Waals surface area (Å²) in [4.78, 5) is 37.5. The quantitative estimate of drug-likeness (QED) is 0.800. The molecule has 27 heavy (non-hydrogen) atoms. The van der Waals surface area contributed by atoms with Crippen LogP contribution in [0.1, 0.15) is 31.2 Å². The largest absolute Gasteiger partial charge is 0.343 e. The van der Waals surface area contributed by atoms with Gasteiger partial charge >= 0.3 is 6.03 Å². The molecule has 1 aromatic rings. The van der Waals surface area contributed by atoms with Crippen molar-refractivity contribution >= 4 is 17.9 Å². The minimum atomic E-state index is -0.462. The number of guanidine groups is 1. The topological polar surface area (TPSA) is 59.5 Å². The van der Waals surface area contributed by atoms with E-state index in [1.54, 1.807) is 19.0 Å².